The van der Waals surface area contributed by atoms with Crippen LogP contribution in [0.3, 0.4) is 0 Å². The fraction of sp³-hybridized carbons (Fsp3) is 0.357. The van der Waals surface area contributed by atoms with E-state index >= 15 is 0 Å². The van der Waals surface area contributed by atoms with Gasteiger partial charge < -0.3 is 22.0 Å². The zero-order valence-electron chi connectivity index (χ0n) is 11.3. The molecule has 0 fully saturated rings. The fourth-order valence-corrected chi connectivity index (χ4v) is 1.48. The summed E-state index contributed by atoms with van der Waals surface area (Å²) in [6, 6.07) is 7.93. The van der Waals surface area contributed by atoms with E-state index in [0.29, 0.717) is 12.3 Å². The lowest BCUT2D eigenvalue weighted by Gasteiger charge is -2.13. The molecule has 4 nitrogen and oxygen atoms in total. The topological polar surface area (TPSA) is 73.9 Å². The van der Waals surface area contributed by atoms with Crippen LogP contribution in [0.1, 0.15) is 32.8 Å². The molecule has 0 aliphatic rings. The Hall–Kier alpha value is -1.81. The van der Waals surface area contributed by atoms with Crippen molar-refractivity contribution in [1.82, 2.24) is 5.43 Å². The van der Waals surface area contributed by atoms with Gasteiger partial charge in [-0.2, -0.15) is 0 Å². The van der Waals surface area contributed by atoms with Crippen LogP contribution in [0.25, 0.3) is 0 Å². The first-order chi connectivity index (χ1) is 8.58. The standard InChI is InChI=1S/C14H22N4/c1-4-14(16)10(2)11(3)17-18-13-7-5-12(9-15)6-8-13/h5-8,16-18H,4,9,15H2,1-3H3. The van der Waals surface area contributed by atoms with Gasteiger partial charge >= 0.3 is 0 Å². The smallest absolute Gasteiger partial charge is 0.0539 e. The van der Waals surface area contributed by atoms with Crippen LogP contribution in [0.15, 0.2) is 35.5 Å². The SMILES string of the molecule is CCC(=N)C(C)=C(C)NNc1ccc(CN)cc1. The lowest BCUT2D eigenvalue weighted by atomic mass is 10.1. The summed E-state index contributed by atoms with van der Waals surface area (Å²) in [6.45, 7) is 6.45. The lowest BCUT2D eigenvalue weighted by Crippen LogP contribution is -2.21. The largest absolute Gasteiger partial charge is 0.326 e. The molecule has 0 unspecified atom stereocenters. The highest BCUT2D eigenvalue weighted by Crippen LogP contribution is 2.09. The molecule has 0 bridgehead atoms. The molecule has 0 saturated carbocycles. The van der Waals surface area contributed by atoms with E-state index in [9.17, 15) is 0 Å². The van der Waals surface area contributed by atoms with Crippen LogP contribution in [-0.2, 0) is 6.54 Å². The van der Waals surface area contributed by atoms with Crippen molar-refractivity contribution in [3.8, 4) is 0 Å². The number of nitrogens with two attached hydrogens (primary N) is 1. The number of benzene rings is 1. The second-order valence-corrected chi connectivity index (χ2v) is 4.23. The highest BCUT2D eigenvalue weighted by Gasteiger charge is 2.01. The van der Waals surface area contributed by atoms with Gasteiger partial charge in [0.1, 0.15) is 0 Å². The third-order valence-corrected chi connectivity index (χ3v) is 2.95. The summed E-state index contributed by atoms with van der Waals surface area (Å²) in [5, 5.41) is 7.77. The number of allylic oxidation sites excluding steroid dienone is 2. The Labute approximate surface area is 109 Å². The molecule has 0 aromatic heterocycles. The summed E-state index contributed by atoms with van der Waals surface area (Å²) >= 11 is 0. The predicted molar refractivity (Wildman–Crippen MR) is 77.5 cm³/mol. The predicted octanol–water partition coefficient (Wildman–Crippen LogP) is 2.79. The molecule has 1 rings (SSSR count). The number of anilines is 1. The number of hydrogen-bond donors (Lipinski definition) is 4. The van der Waals surface area contributed by atoms with Crippen molar-refractivity contribution in [3.63, 3.8) is 0 Å². The summed E-state index contributed by atoms with van der Waals surface area (Å²) in [7, 11) is 0. The van der Waals surface area contributed by atoms with Crippen LogP contribution in [0.5, 0.6) is 0 Å². The zero-order valence-corrected chi connectivity index (χ0v) is 11.3. The van der Waals surface area contributed by atoms with Crippen LogP contribution in [0.2, 0.25) is 0 Å². The number of rotatable bonds is 6. The van der Waals surface area contributed by atoms with E-state index < -0.39 is 0 Å². The van der Waals surface area contributed by atoms with Gasteiger partial charge in [-0.1, -0.05) is 19.1 Å². The highest BCUT2D eigenvalue weighted by molar-refractivity contribution is 5.97. The van der Waals surface area contributed by atoms with E-state index in [1.165, 1.54) is 0 Å². The average Bonchev–Trinajstić information content (AvgIpc) is 2.43. The molecule has 1 aromatic rings. The third kappa shape index (κ3) is 3.89. The molecule has 0 aliphatic carbocycles. The molecule has 0 spiro atoms. The molecule has 0 amide bonds. The van der Waals surface area contributed by atoms with Gasteiger partial charge in [-0.3, -0.25) is 0 Å². The number of nitrogens with one attached hydrogen (secondary N) is 3. The van der Waals surface area contributed by atoms with E-state index in [0.717, 1.165) is 28.9 Å². The molecule has 4 heteroatoms. The minimum absolute atomic E-state index is 0.555. The van der Waals surface area contributed by atoms with Crippen LogP contribution < -0.4 is 16.6 Å². The Kier molecular flexibility index (Phi) is 5.39. The maximum Gasteiger partial charge on any atom is 0.0539 e. The summed E-state index contributed by atoms with van der Waals surface area (Å²) in [4.78, 5) is 0. The van der Waals surface area contributed by atoms with Crippen molar-refractivity contribution in [3.05, 3.63) is 41.1 Å². The van der Waals surface area contributed by atoms with Crippen LogP contribution in [0.4, 0.5) is 5.69 Å². The van der Waals surface area contributed by atoms with E-state index in [4.69, 9.17) is 11.1 Å². The van der Waals surface area contributed by atoms with Gasteiger partial charge in [-0.25, -0.2) is 0 Å². The van der Waals surface area contributed by atoms with Crippen LogP contribution >= 0.6 is 0 Å². The fourth-order valence-electron chi connectivity index (χ4n) is 1.48. The van der Waals surface area contributed by atoms with Crippen molar-refractivity contribution in [2.24, 2.45) is 5.73 Å². The molecule has 18 heavy (non-hydrogen) atoms. The molecular weight excluding hydrogens is 224 g/mol. The summed E-state index contributed by atoms with van der Waals surface area (Å²) in [5.41, 5.74) is 16.4. The molecule has 0 atom stereocenters. The lowest BCUT2D eigenvalue weighted by molar-refractivity contribution is 0.942. The van der Waals surface area contributed by atoms with Gasteiger partial charge in [0, 0.05) is 18.0 Å². The molecule has 1 aromatic carbocycles. The van der Waals surface area contributed by atoms with Crippen LogP contribution in [0, 0.1) is 5.41 Å². The summed E-state index contributed by atoms with van der Waals surface area (Å²) in [6.07, 6.45) is 0.746. The van der Waals surface area contributed by atoms with Gasteiger partial charge in [0.15, 0.2) is 0 Å². The maximum atomic E-state index is 7.77. The first-order valence-corrected chi connectivity index (χ1v) is 6.14. The van der Waals surface area contributed by atoms with Crippen molar-refractivity contribution >= 4 is 11.4 Å². The van der Waals surface area contributed by atoms with Gasteiger partial charge in [-0.15, -0.1) is 0 Å². The number of hydrogen-bond acceptors (Lipinski definition) is 4. The summed E-state index contributed by atoms with van der Waals surface area (Å²) in [5.74, 6) is 0. The van der Waals surface area contributed by atoms with Crippen molar-refractivity contribution in [1.29, 1.82) is 5.41 Å². The normalized spacial score (nSPS) is 11.8. The monoisotopic (exact) mass is 246 g/mol. The number of hydrazine groups is 1. The Morgan fingerprint density at radius 1 is 1.22 bits per heavy atom. The Balaban J connectivity index is 2.61. The maximum absolute atomic E-state index is 7.77. The van der Waals surface area contributed by atoms with Gasteiger partial charge in [0.25, 0.3) is 0 Å². The Morgan fingerprint density at radius 2 is 1.83 bits per heavy atom. The minimum atomic E-state index is 0.555. The van der Waals surface area contributed by atoms with E-state index in [-0.39, 0.29) is 0 Å². The second kappa shape index (κ2) is 6.81. The molecule has 5 N–H and O–H groups in total. The first kappa shape index (κ1) is 14.3. The van der Waals surface area contributed by atoms with Crippen molar-refractivity contribution < 1.29 is 0 Å². The van der Waals surface area contributed by atoms with E-state index in [1.807, 2.05) is 45.0 Å². The molecule has 98 valence electrons. The Bertz CT molecular complexity index is 432. The second-order valence-electron chi connectivity index (χ2n) is 4.23. The Morgan fingerprint density at radius 3 is 2.33 bits per heavy atom. The van der Waals surface area contributed by atoms with Gasteiger partial charge in [0.2, 0.25) is 0 Å². The molecule has 0 aliphatic heterocycles. The average molecular weight is 246 g/mol. The molecule has 0 radical (unpaired) electrons. The van der Waals surface area contributed by atoms with Crippen LogP contribution in [-0.4, -0.2) is 5.71 Å². The minimum Gasteiger partial charge on any atom is -0.326 e. The highest BCUT2D eigenvalue weighted by atomic mass is 15.4. The molecule has 0 heterocycles. The quantitative estimate of drug-likeness (QED) is 0.460. The first-order valence-electron chi connectivity index (χ1n) is 6.14. The van der Waals surface area contributed by atoms with Gasteiger partial charge in [-0.05, 0) is 43.5 Å². The zero-order chi connectivity index (χ0) is 13.5. The molecular formula is C14H22N4. The van der Waals surface area contributed by atoms with Crippen molar-refractivity contribution in [2.75, 3.05) is 5.43 Å². The molecule has 0 saturated heterocycles. The van der Waals surface area contributed by atoms with Crippen molar-refractivity contribution in [2.45, 2.75) is 33.7 Å². The summed E-state index contributed by atoms with van der Waals surface area (Å²) < 4.78 is 0. The van der Waals surface area contributed by atoms with E-state index in [1.54, 1.807) is 0 Å². The van der Waals surface area contributed by atoms with Gasteiger partial charge in [0.05, 0.1) is 5.69 Å². The third-order valence-electron chi connectivity index (χ3n) is 2.95. The van der Waals surface area contributed by atoms with E-state index in [2.05, 4.69) is 10.9 Å².